The van der Waals surface area contributed by atoms with E-state index in [4.69, 9.17) is 4.74 Å². The lowest BCUT2D eigenvalue weighted by atomic mass is 10.1. The molecule has 1 atom stereocenters. The molecule has 0 fully saturated rings. The summed E-state index contributed by atoms with van der Waals surface area (Å²) < 4.78 is 8.20. The molecular weight excluding hydrogens is 388 g/mol. The fourth-order valence-electron chi connectivity index (χ4n) is 2.94. The molecule has 0 saturated heterocycles. The minimum Gasteiger partial charge on any atom is -0.389 e. The second-order valence-electron chi connectivity index (χ2n) is 7.25. The van der Waals surface area contributed by atoms with Crippen LogP contribution in [0, 0.1) is 0 Å². The van der Waals surface area contributed by atoms with Crippen molar-refractivity contribution in [2.75, 3.05) is 12.0 Å². The van der Waals surface area contributed by atoms with Gasteiger partial charge in [0.25, 0.3) is 5.56 Å². The summed E-state index contributed by atoms with van der Waals surface area (Å²) >= 11 is 0. The molecule has 30 heavy (non-hydrogen) atoms. The highest BCUT2D eigenvalue weighted by atomic mass is 16.5. The van der Waals surface area contributed by atoms with Crippen LogP contribution in [0.4, 0.5) is 5.95 Å². The first-order valence-electron chi connectivity index (χ1n) is 9.63. The molecule has 0 aliphatic rings. The van der Waals surface area contributed by atoms with Gasteiger partial charge >= 0.3 is 5.69 Å². The maximum absolute atomic E-state index is 12.5. The van der Waals surface area contributed by atoms with E-state index in [0.29, 0.717) is 5.71 Å². The van der Waals surface area contributed by atoms with Crippen LogP contribution >= 0.6 is 0 Å². The van der Waals surface area contributed by atoms with E-state index in [1.54, 1.807) is 0 Å². The predicted octanol–water partition coefficient (Wildman–Crippen LogP) is 1.05. The summed E-state index contributed by atoms with van der Waals surface area (Å²) in [5.74, 6) is 0.232. The van der Waals surface area contributed by atoms with Crippen LogP contribution in [0.25, 0.3) is 11.2 Å². The molecule has 0 aliphatic carbocycles. The molecule has 2 heterocycles. The summed E-state index contributed by atoms with van der Waals surface area (Å²) in [6.07, 6.45) is -0.930. The van der Waals surface area contributed by atoms with Crippen LogP contribution in [-0.2, 0) is 18.3 Å². The van der Waals surface area contributed by atoms with Gasteiger partial charge in [-0.3, -0.25) is 14.3 Å². The van der Waals surface area contributed by atoms with Gasteiger partial charge in [0.05, 0.1) is 31.1 Å². The Morgan fingerprint density at radius 3 is 2.67 bits per heavy atom. The number of benzene rings is 1. The third kappa shape index (κ3) is 4.66. The Morgan fingerprint density at radius 1 is 1.30 bits per heavy atom. The average Bonchev–Trinajstić information content (AvgIpc) is 3.08. The Kier molecular flexibility index (Phi) is 6.48. The Morgan fingerprint density at radius 2 is 2.00 bits per heavy atom. The zero-order valence-corrected chi connectivity index (χ0v) is 17.4. The summed E-state index contributed by atoms with van der Waals surface area (Å²) in [5, 5.41) is 14.8. The zero-order valence-electron chi connectivity index (χ0n) is 17.4. The van der Waals surface area contributed by atoms with Crippen LogP contribution in [0.2, 0.25) is 0 Å². The number of nitrogens with zero attached hydrogens (tertiary/aromatic N) is 4. The first kappa shape index (κ1) is 21.5. The number of hydrazone groups is 1. The topological polar surface area (TPSA) is 127 Å². The van der Waals surface area contributed by atoms with E-state index in [1.807, 2.05) is 51.1 Å². The fraction of sp³-hybridized carbons (Fsp3) is 0.400. The van der Waals surface area contributed by atoms with Gasteiger partial charge in [-0.1, -0.05) is 30.3 Å². The number of hydrogen-bond acceptors (Lipinski definition) is 7. The van der Waals surface area contributed by atoms with Gasteiger partial charge in [-0.05, 0) is 26.3 Å². The van der Waals surface area contributed by atoms with Crippen molar-refractivity contribution in [2.24, 2.45) is 12.1 Å². The first-order valence-corrected chi connectivity index (χ1v) is 9.63. The number of imidazole rings is 1. The van der Waals surface area contributed by atoms with E-state index in [1.165, 1.54) is 16.2 Å². The Labute approximate surface area is 172 Å². The van der Waals surface area contributed by atoms with Gasteiger partial charge in [-0.2, -0.15) is 10.1 Å². The number of H-pyrrole nitrogens is 1. The number of fused-ring (bicyclic) bond motifs is 1. The van der Waals surface area contributed by atoms with E-state index < -0.39 is 17.4 Å². The second-order valence-corrected chi connectivity index (χ2v) is 7.25. The van der Waals surface area contributed by atoms with Crippen LogP contribution in [0.5, 0.6) is 0 Å². The quantitative estimate of drug-likeness (QED) is 0.373. The van der Waals surface area contributed by atoms with Crippen LogP contribution in [0.1, 0.15) is 26.3 Å². The van der Waals surface area contributed by atoms with Gasteiger partial charge < -0.3 is 14.4 Å². The van der Waals surface area contributed by atoms with Crippen molar-refractivity contribution in [3.05, 3.63) is 56.7 Å². The minimum absolute atomic E-state index is 0.0345. The molecule has 160 valence electrons. The van der Waals surface area contributed by atoms with Gasteiger partial charge in [0, 0.05) is 7.05 Å². The Balaban J connectivity index is 2.01. The van der Waals surface area contributed by atoms with Crippen LogP contribution < -0.4 is 16.7 Å². The van der Waals surface area contributed by atoms with Crippen LogP contribution in [0.3, 0.4) is 0 Å². The third-order valence-corrected chi connectivity index (χ3v) is 4.54. The third-order valence-electron chi connectivity index (χ3n) is 4.54. The first-order chi connectivity index (χ1) is 14.3. The predicted molar refractivity (Wildman–Crippen MR) is 115 cm³/mol. The highest BCUT2D eigenvalue weighted by molar-refractivity contribution is 5.99. The van der Waals surface area contributed by atoms with Gasteiger partial charge in [0.15, 0.2) is 11.2 Å². The monoisotopic (exact) mass is 414 g/mol. The molecule has 3 rings (SSSR count). The minimum atomic E-state index is -0.888. The number of aromatic nitrogens is 4. The molecule has 0 aliphatic heterocycles. The lowest BCUT2D eigenvalue weighted by Crippen LogP contribution is -2.30. The second kappa shape index (κ2) is 9.06. The van der Waals surface area contributed by atoms with Crippen molar-refractivity contribution in [2.45, 2.75) is 39.5 Å². The molecule has 0 unspecified atom stereocenters. The molecule has 1 aromatic carbocycles. The smallest absolute Gasteiger partial charge is 0.329 e. The molecule has 2 aromatic heterocycles. The molecule has 3 aromatic rings. The maximum Gasteiger partial charge on any atom is 0.329 e. The van der Waals surface area contributed by atoms with Crippen molar-refractivity contribution in [3.63, 3.8) is 0 Å². The molecule has 0 saturated carbocycles. The highest BCUT2D eigenvalue weighted by Gasteiger charge is 2.20. The largest absolute Gasteiger partial charge is 0.389 e. The number of aliphatic hydroxyl groups excluding tert-OH is 1. The molecule has 0 bridgehead atoms. The van der Waals surface area contributed by atoms with Crippen molar-refractivity contribution in [1.29, 1.82) is 0 Å². The van der Waals surface area contributed by atoms with E-state index in [9.17, 15) is 14.7 Å². The standard InChI is InChI=1S/C20H26N6O4/c1-12(2)30-11-15(27)10-26-16-17(25(4)20(29)22-18(16)28)21-19(26)24-23-13(3)14-8-6-5-7-9-14/h5-9,12,15,27H,10-11H2,1-4H3,(H,21,24)(H,22,28,29)/b23-13-/t15-/m0/s1. The SMILES string of the molecule is C/C(=N/Nc1nc2c(c(=O)[nH]c(=O)n2C)n1C[C@H](O)COC(C)C)c1ccccc1. The number of aryl methyl sites for hydroxylation is 1. The normalized spacial score (nSPS) is 13.2. The van der Waals surface area contributed by atoms with E-state index >= 15 is 0 Å². The number of rotatable bonds is 8. The summed E-state index contributed by atoms with van der Waals surface area (Å²) in [7, 11) is 1.51. The lowest BCUT2D eigenvalue weighted by Gasteiger charge is -2.16. The number of ether oxygens (including phenoxy) is 1. The van der Waals surface area contributed by atoms with Crippen LogP contribution in [-0.4, -0.2) is 48.7 Å². The molecule has 0 spiro atoms. The van der Waals surface area contributed by atoms with Crippen molar-refractivity contribution < 1.29 is 9.84 Å². The summed E-state index contributed by atoms with van der Waals surface area (Å²) in [6.45, 7) is 5.70. The molecule has 10 nitrogen and oxygen atoms in total. The van der Waals surface area contributed by atoms with Gasteiger partial charge in [-0.25, -0.2) is 10.2 Å². The number of nitrogens with one attached hydrogen (secondary N) is 2. The average molecular weight is 414 g/mol. The Bertz CT molecular complexity index is 1160. The molecule has 3 N–H and O–H groups in total. The van der Waals surface area contributed by atoms with Crippen molar-refractivity contribution in [3.8, 4) is 0 Å². The van der Waals surface area contributed by atoms with Crippen molar-refractivity contribution >= 4 is 22.8 Å². The summed E-state index contributed by atoms with van der Waals surface area (Å²) in [4.78, 5) is 31.1. The maximum atomic E-state index is 12.5. The van der Waals surface area contributed by atoms with E-state index in [-0.39, 0.29) is 36.4 Å². The summed E-state index contributed by atoms with van der Waals surface area (Å²) in [5.41, 5.74) is 3.69. The van der Waals surface area contributed by atoms with Gasteiger partial charge in [-0.15, -0.1) is 0 Å². The van der Waals surface area contributed by atoms with E-state index in [0.717, 1.165) is 5.56 Å². The number of aliphatic hydroxyl groups is 1. The van der Waals surface area contributed by atoms with Gasteiger partial charge in [0.1, 0.15) is 0 Å². The summed E-state index contributed by atoms with van der Waals surface area (Å²) in [6, 6.07) is 9.57. The highest BCUT2D eigenvalue weighted by Crippen LogP contribution is 2.17. The van der Waals surface area contributed by atoms with Crippen LogP contribution in [0.15, 0.2) is 45.0 Å². The molecular formula is C20H26N6O4. The lowest BCUT2D eigenvalue weighted by molar-refractivity contribution is -0.000105. The van der Waals surface area contributed by atoms with Gasteiger partial charge in [0.2, 0.25) is 5.95 Å². The van der Waals surface area contributed by atoms with E-state index in [2.05, 4.69) is 20.5 Å². The molecule has 0 amide bonds. The molecule has 0 radical (unpaired) electrons. The Hall–Kier alpha value is -3.24. The number of hydrogen-bond donors (Lipinski definition) is 3. The number of aromatic amines is 1. The number of anilines is 1. The molecule has 10 heteroatoms. The zero-order chi connectivity index (χ0) is 21.8. The van der Waals surface area contributed by atoms with Crippen molar-refractivity contribution in [1.82, 2.24) is 19.1 Å². The fourth-order valence-corrected chi connectivity index (χ4v) is 2.94.